The zero-order chi connectivity index (χ0) is 13.5. The largest absolute Gasteiger partial charge is 0.475 e. The third-order valence-electron chi connectivity index (χ3n) is 3.80. The summed E-state index contributed by atoms with van der Waals surface area (Å²) in [6.07, 6.45) is 12.7. The van der Waals surface area contributed by atoms with Gasteiger partial charge in [0, 0.05) is 11.8 Å². The fourth-order valence-electron chi connectivity index (χ4n) is 2.75. The lowest BCUT2D eigenvalue weighted by atomic mass is 9.98. The van der Waals surface area contributed by atoms with Crippen LogP contribution < -0.4 is 0 Å². The number of hydrogen-bond acceptors (Lipinski definition) is 5. The molecule has 2 rings (SSSR count). The van der Waals surface area contributed by atoms with Gasteiger partial charge in [-0.25, -0.2) is 0 Å². The van der Waals surface area contributed by atoms with Crippen LogP contribution in [0.5, 0.6) is 0 Å². The van der Waals surface area contributed by atoms with Crippen LogP contribution >= 0.6 is 36.2 Å². The molecule has 19 heavy (non-hydrogen) atoms. The number of thioether (sulfide) groups is 1. The van der Waals surface area contributed by atoms with Crippen LogP contribution in [0.1, 0.15) is 64.2 Å². The normalized spacial score (nSPS) is 21.9. The molecule has 2 nitrogen and oxygen atoms in total. The molecule has 0 spiro atoms. The highest BCUT2D eigenvalue weighted by atomic mass is 32.2. The third-order valence-corrected chi connectivity index (χ3v) is 5.02. The molecule has 0 radical (unpaired) electrons. The van der Waals surface area contributed by atoms with E-state index in [4.69, 9.17) is 33.9 Å². The van der Waals surface area contributed by atoms with Crippen molar-refractivity contribution >= 4 is 45.0 Å². The Morgan fingerprint density at radius 3 is 1.42 bits per heavy atom. The summed E-state index contributed by atoms with van der Waals surface area (Å²) in [7, 11) is 0. The first-order valence-corrected chi connectivity index (χ1v) is 8.96. The summed E-state index contributed by atoms with van der Waals surface area (Å²) in [6.45, 7) is 0. The Hall–Kier alpha value is 0.130. The average molecular weight is 319 g/mol. The Kier molecular flexibility index (Phi) is 6.88. The van der Waals surface area contributed by atoms with Crippen molar-refractivity contribution in [3.63, 3.8) is 0 Å². The molecular weight excluding hydrogens is 296 g/mol. The third kappa shape index (κ3) is 5.96. The quantitative estimate of drug-likeness (QED) is 0.666. The molecule has 2 aliphatic rings. The maximum Gasteiger partial charge on any atom is 0.228 e. The molecule has 2 saturated carbocycles. The summed E-state index contributed by atoms with van der Waals surface area (Å²) in [4.78, 5) is 0. The summed E-state index contributed by atoms with van der Waals surface area (Å²) < 4.78 is 12.6. The summed E-state index contributed by atoms with van der Waals surface area (Å²) in [6, 6.07) is 0. The van der Waals surface area contributed by atoms with E-state index < -0.39 is 0 Å². The Morgan fingerprint density at radius 1 is 0.684 bits per heavy atom. The van der Waals surface area contributed by atoms with Gasteiger partial charge in [-0.1, -0.05) is 12.8 Å². The molecule has 0 heterocycles. The van der Waals surface area contributed by atoms with Crippen molar-refractivity contribution in [1.82, 2.24) is 0 Å². The van der Waals surface area contributed by atoms with E-state index in [-0.39, 0.29) is 0 Å². The van der Waals surface area contributed by atoms with Gasteiger partial charge in [0.2, 0.25) is 8.77 Å². The summed E-state index contributed by atoms with van der Waals surface area (Å²) in [5, 5.41) is 0. The minimum atomic E-state index is 0.297. The van der Waals surface area contributed by atoms with E-state index in [1.807, 2.05) is 0 Å². The maximum atomic E-state index is 5.78. The highest BCUT2D eigenvalue weighted by Crippen LogP contribution is 2.25. The van der Waals surface area contributed by atoms with Crippen molar-refractivity contribution < 1.29 is 9.47 Å². The molecule has 0 unspecified atom stereocenters. The summed E-state index contributed by atoms with van der Waals surface area (Å²) >= 11 is 11.8. The zero-order valence-electron chi connectivity index (χ0n) is 11.3. The van der Waals surface area contributed by atoms with Gasteiger partial charge in [0.25, 0.3) is 0 Å². The van der Waals surface area contributed by atoms with Gasteiger partial charge in [-0.2, -0.15) is 0 Å². The molecule has 2 aliphatic carbocycles. The van der Waals surface area contributed by atoms with Crippen LogP contribution in [0.15, 0.2) is 0 Å². The minimum Gasteiger partial charge on any atom is -0.475 e. The maximum absolute atomic E-state index is 5.78. The van der Waals surface area contributed by atoms with E-state index in [0.717, 1.165) is 25.7 Å². The standard InChI is InChI=1S/C14H22O2S3/c17-13(15-11-7-3-1-4-8-11)19-14(18)16-12-9-5-2-6-10-12/h11-12H,1-10H2. The van der Waals surface area contributed by atoms with Gasteiger partial charge in [-0.05, 0) is 75.8 Å². The smallest absolute Gasteiger partial charge is 0.228 e. The number of thiocarbonyl (C=S) groups is 2. The highest BCUT2D eigenvalue weighted by Gasteiger charge is 2.20. The van der Waals surface area contributed by atoms with Crippen LogP contribution in [-0.4, -0.2) is 21.0 Å². The second kappa shape index (κ2) is 8.42. The van der Waals surface area contributed by atoms with Gasteiger partial charge < -0.3 is 9.47 Å². The van der Waals surface area contributed by atoms with Crippen LogP contribution in [0.25, 0.3) is 0 Å². The lowest BCUT2D eigenvalue weighted by Gasteiger charge is -2.24. The van der Waals surface area contributed by atoms with Gasteiger partial charge in [0.15, 0.2) is 0 Å². The molecule has 0 aromatic heterocycles. The summed E-state index contributed by atoms with van der Waals surface area (Å²) in [5.74, 6) is 0. The van der Waals surface area contributed by atoms with E-state index >= 15 is 0 Å². The van der Waals surface area contributed by atoms with Crippen LogP contribution in [0.2, 0.25) is 0 Å². The lowest BCUT2D eigenvalue weighted by molar-refractivity contribution is 0.150. The molecule has 0 aromatic carbocycles. The van der Waals surface area contributed by atoms with Crippen LogP contribution in [0, 0.1) is 0 Å². The number of hydrogen-bond donors (Lipinski definition) is 0. The molecule has 2 fully saturated rings. The molecule has 0 bridgehead atoms. The highest BCUT2D eigenvalue weighted by molar-refractivity contribution is 8.37. The van der Waals surface area contributed by atoms with Crippen molar-refractivity contribution in [2.24, 2.45) is 0 Å². The van der Waals surface area contributed by atoms with E-state index in [2.05, 4.69) is 0 Å². The van der Waals surface area contributed by atoms with E-state index in [1.165, 1.54) is 50.3 Å². The minimum absolute atomic E-state index is 0.297. The van der Waals surface area contributed by atoms with Gasteiger partial charge in [-0.3, -0.25) is 0 Å². The van der Waals surface area contributed by atoms with Crippen molar-refractivity contribution in [2.75, 3.05) is 0 Å². The molecule has 0 aliphatic heterocycles. The topological polar surface area (TPSA) is 18.5 Å². The van der Waals surface area contributed by atoms with Crippen LogP contribution in [0.3, 0.4) is 0 Å². The molecule has 0 aromatic rings. The first-order chi connectivity index (χ1) is 9.24. The Balaban J connectivity index is 1.64. The van der Waals surface area contributed by atoms with E-state index in [9.17, 15) is 0 Å². The van der Waals surface area contributed by atoms with Gasteiger partial charge >= 0.3 is 0 Å². The monoisotopic (exact) mass is 318 g/mol. The molecular formula is C14H22O2S3. The molecule has 108 valence electrons. The lowest BCUT2D eigenvalue weighted by Crippen LogP contribution is -2.21. The summed E-state index contributed by atoms with van der Waals surface area (Å²) in [5.41, 5.74) is 0. The predicted octanol–water partition coefficient (Wildman–Crippen LogP) is 4.99. The van der Waals surface area contributed by atoms with Gasteiger partial charge in [0.1, 0.15) is 12.2 Å². The molecule has 0 saturated heterocycles. The van der Waals surface area contributed by atoms with Gasteiger partial charge in [0.05, 0.1) is 0 Å². The Morgan fingerprint density at radius 2 is 1.05 bits per heavy atom. The predicted molar refractivity (Wildman–Crippen MR) is 88.7 cm³/mol. The SMILES string of the molecule is S=C(OC1CCCCC1)SC(=S)OC1CCCCC1. The first kappa shape index (κ1) is 15.5. The van der Waals surface area contributed by atoms with Crippen LogP contribution in [0.4, 0.5) is 0 Å². The Labute approximate surface area is 131 Å². The fraction of sp³-hybridized carbons (Fsp3) is 0.857. The fourth-order valence-corrected chi connectivity index (χ4v) is 4.14. The second-order valence-corrected chi connectivity index (χ2v) is 7.56. The second-order valence-electron chi connectivity index (χ2n) is 5.36. The van der Waals surface area contributed by atoms with Crippen molar-refractivity contribution in [2.45, 2.75) is 76.4 Å². The van der Waals surface area contributed by atoms with Crippen molar-refractivity contribution in [3.05, 3.63) is 0 Å². The molecule has 5 heteroatoms. The zero-order valence-corrected chi connectivity index (χ0v) is 13.7. The molecule has 0 N–H and O–H groups in total. The number of ether oxygens (including phenoxy) is 2. The number of rotatable bonds is 2. The van der Waals surface area contributed by atoms with Gasteiger partial charge in [-0.15, -0.1) is 0 Å². The average Bonchev–Trinajstić information content (AvgIpc) is 2.40. The Bertz CT molecular complexity index is 278. The van der Waals surface area contributed by atoms with E-state index in [1.54, 1.807) is 0 Å². The van der Waals surface area contributed by atoms with Crippen LogP contribution in [-0.2, 0) is 9.47 Å². The van der Waals surface area contributed by atoms with E-state index in [0.29, 0.717) is 21.0 Å². The molecule has 0 amide bonds. The van der Waals surface area contributed by atoms with Crippen molar-refractivity contribution in [1.29, 1.82) is 0 Å². The first-order valence-electron chi connectivity index (χ1n) is 7.33. The molecule has 0 atom stereocenters. The van der Waals surface area contributed by atoms with Crippen molar-refractivity contribution in [3.8, 4) is 0 Å².